The first-order valence-electron chi connectivity index (χ1n) is 9.48. The molecule has 3 aromatic rings. The van der Waals surface area contributed by atoms with E-state index in [2.05, 4.69) is 21.2 Å². The first-order valence-corrected chi connectivity index (χ1v) is 10.3. The molecule has 0 bridgehead atoms. The van der Waals surface area contributed by atoms with E-state index in [0.29, 0.717) is 21.3 Å². The Morgan fingerprint density at radius 2 is 1.74 bits per heavy atom. The Bertz CT molecular complexity index is 1230. The van der Waals surface area contributed by atoms with Crippen molar-refractivity contribution in [3.8, 4) is 5.69 Å². The number of nitrogens with zero attached hydrogens (tertiary/aromatic N) is 2. The molecule has 1 N–H and O–H groups in total. The summed E-state index contributed by atoms with van der Waals surface area (Å²) in [5, 5.41) is 2.58. The van der Waals surface area contributed by atoms with E-state index >= 15 is 0 Å². The van der Waals surface area contributed by atoms with E-state index in [4.69, 9.17) is 0 Å². The number of benzene rings is 2. The normalized spacial score (nSPS) is 15.1. The molecule has 5 nitrogen and oxygen atoms in total. The van der Waals surface area contributed by atoms with Crippen molar-refractivity contribution in [3.05, 3.63) is 92.8 Å². The van der Waals surface area contributed by atoms with Gasteiger partial charge in [-0.15, -0.1) is 0 Å². The molecule has 1 aliphatic heterocycles. The third kappa shape index (κ3) is 4.03. The lowest BCUT2D eigenvalue weighted by Gasteiger charge is -2.11. The van der Waals surface area contributed by atoms with Gasteiger partial charge < -0.3 is 9.88 Å². The second-order valence-corrected chi connectivity index (χ2v) is 8.18. The van der Waals surface area contributed by atoms with Crippen molar-refractivity contribution in [1.82, 2.24) is 14.8 Å². The molecule has 0 atom stereocenters. The lowest BCUT2D eigenvalue weighted by atomic mass is 10.2. The molecule has 1 aliphatic rings. The van der Waals surface area contributed by atoms with E-state index in [9.17, 15) is 18.4 Å². The highest BCUT2D eigenvalue weighted by atomic mass is 79.9. The molecule has 8 heteroatoms. The van der Waals surface area contributed by atoms with E-state index in [-0.39, 0.29) is 23.9 Å². The van der Waals surface area contributed by atoms with Gasteiger partial charge in [0.2, 0.25) is 0 Å². The molecule has 1 aromatic heterocycles. The summed E-state index contributed by atoms with van der Waals surface area (Å²) >= 11 is 3.25. The predicted molar refractivity (Wildman–Crippen MR) is 116 cm³/mol. The van der Waals surface area contributed by atoms with Crippen molar-refractivity contribution >= 4 is 33.9 Å². The molecule has 0 aliphatic carbocycles. The summed E-state index contributed by atoms with van der Waals surface area (Å²) in [7, 11) is 0. The zero-order valence-electron chi connectivity index (χ0n) is 16.7. The van der Waals surface area contributed by atoms with Crippen LogP contribution in [0.15, 0.2) is 58.7 Å². The largest absolute Gasteiger partial charge is 0.329 e. The van der Waals surface area contributed by atoms with E-state index in [1.807, 2.05) is 19.9 Å². The van der Waals surface area contributed by atoms with Crippen LogP contribution in [0.2, 0.25) is 0 Å². The molecule has 1 saturated heterocycles. The molecule has 0 unspecified atom stereocenters. The van der Waals surface area contributed by atoms with E-state index in [1.165, 1.54) is 30.3 Å². The van der Waals surface area contributed by atoms with Gasteiger partial charge in [-0.2, -0.15) is 0 Å². The van der Waals surface area contributed by atoms with Crippen LogP contribution in [0.4, 0.5) is 13.6 Å². The first-order chi connectivity index (χ1) is 14.7. The van der Waals surface area contributed by atoms with Crippen LogP contribution in [0, 0.1) is 25.5 Å². The van der Waals surface area contributed by atoms with Gasteiger partial charge in [-0.3, -0.25) is 9.69 Å². The average Bonchev–Trinajstić information content (AvgIpc) is 3.14. The Labute approximate surface area is 186 Å². The molecule has 1 fully saturated rings. The average molecular weight is 486 g/mol. The molecule has 0 spiro atoms. The molecule has 2 aromatic carbocycles. The van der Waals surface area contributed by atoms with Crippen molar-refractivity contribution in [3.63, 3.8) is 0 Å². The number of hydrogen-bond acceptors (Lipinski definition) is 2. The number of urea groups is 1. The smallest absolute Gasteiger partial charge is 0.315 e. The summed E-state index contributed by atoms with van der Waals surface area (Å²) in [5.41, 5.74) is 3.35. The van der Waals surface area contributed by atoms with Gasteiger partial charge in [0.15, 0.2) is 0 Å². The number of halogens is 3. The highest BCUT2D eigenvalue weighted by Crippen LogP contribution is 2.27. The van der Waals surface area contributed by atoms with Crippen LogP contribution in [0.1, 0.15) is 22.5 Å². The van der Waals surface area contributed by atoms with Crippen LogP contribution in [-0.2, 0) is 11.3 Å². The number of carbonyl (C=O) groups is 2. The fourth-order valence-electron chi connectivity index (χ4n) is 3.61. The highest BCUT2D eigenvalue weighted by molar-refractivity contribution is 9.10. The minimum atomic E-state index is -0.548. The summed E-state index contributed by atoms with van der Waals surface area (Å²) < 4.78 is 30.0. The molecule has 31 heavy (non-hydrogen) atoms. The number of hydrogen-bond donors (Lipinski definition) is 1. The third-order valence-corrected chi connectivity index (χ3v) is 5.63. The topological polar surface area (TPSA) is 54.3 Å². The maximum atomic E-state index is 14.5. The second kappa shape index (κ2) is 8.11. The van der Waals surface area contributed by atoms with Crippen LogP contribution in [0.25, 0.3) is 11.8 Å². The van der Waals surface area contributed by atoms with Crippen LogP contribution in [-0.4, -0.2) is 21.4 Å². The molecule has 0 radical (unpaired) electrons. The summed E-state index contributed by atoms with van der Waals surface area (Å²) in [6.07, 6.45) is 1.58. The van der Waals surface area contributed by atoms with E-state index < -0.39 is 11.9 Å². The summed E-state index contributed by atoms with van der Waals surface area (Å²) in [6.45, 7) is 3.69. The Balaban J connectivity index is 1.64. The van der Waals surface area contributed by atoms with Gasteiger partial charge in [0, 0.05) is 15.9 Å². The fraction of sp³-hybridized carbons (Fsp3) is 0.130. The minimum Gasteiger partial charge on any atom is -0.315 e. The van der Waals surface area contributed by atoms with Crippen molar-refractivity contribution in [2.75, 3.05) is 0 Å². The van der Waals surface area contributed by atoms with Crippen molar-refractivity contribution in [2.24, 2.45) is 0 Å². The molecule has 3 amide bonds. The Morgan fingerprint density at radius 1 is 1.03 bits per heavy atom. The molecule has 2 heterocycles. The number of imide groups is 1. The van der Waals surface area contributed by atoms with E-state index in [0.717, 1.165) is 16.3 Å². The maximum Gasteiger partial charge on any atom is 0.329 e. The van der Waals surface area contributed by atoms with Gasteiger partial charge in [0.1, 0.15) is 17.3 Å². The van der Waals surface area contributed by atoms with E-state index in [1.54, 1.807) is 22.8 Å². The molecular weight excluding hydrogens is 468 g/mol. The van der Waals surface area contributed by atoms with Crippen LogP contribution in [0.3, 0.4) is 0 Å². The number of aryl methyl sites for hydroxylation is 1. The fourth-order valence-corrected chi connectivity index (χ4v) is 3.94. The third-order valence-electron chi connectivity index (χ3n) is 5.14. The molecular formula is C23H18BrF2N3O2. The van der Waals surface area contributed by atoms with Gasteiger partial charge in [-0.1, -0.05) is 28.1 Å². The predicted octanol–water partition coefficient (Wildman–Crippen LogP) is 5.23. The molecule has 0 saturated carbocycles. The van der Waals surface area contributed by atoms with Crippen LogP contribution < -0.4 is 5.32 Å². The van der Waals surface area contributed by atoms with Crippen molar-refractivity contribution in [1.29, 1.82) is 0 Å². The van der Waals surface area contributed by atoms with Crippen LogP contribution >= 0.6 is 15.9 Å². The highest BCUT2D eigenvalue weighted by Gasteiger charge is 2.33. The van der Waals surface area contributed by atoms with Crippen LogP contribution in [0.5, 0.6) is 0 Å². The zero-order valence-corrected chi connectivity index (χ0v) is 18.3. The monoisotopic (exact) mass is 485 g/mol. The Hall–Kier alpha value is -3.26. The van der Waals surface area contributed by atoms with Crippen molar-refractivity contribution < 1.29 is 18.4 Å². The van der Waals surface area contributed by atoms with Gasteiger partial charge in [-0.05, 0) is 67.4 Å². The lowest BCUT2D eigenvalue weighted by molar-refractivity contribution is -0.123. The maximum absolute atomic E-state index is 14.5. The van der Waals surface area contributed by atoms with Gasteiger partial charge >= 0.3 is 6.03 Å². The second-order valence-electron chi connectivity index (χ2n) is 7.26. The zero-order chi connectivity index (χ0) is 22.3. The Morgan fingerprint density at radius 3 is 2.42 bits per heavy atom. The number of amides is 3. The summed E-state index contributed by atoms with van der Waals surface area (Å²) in [5.74, 6) is -1.25. The number of aromatic nitrogens is 1. The lowest BCUT2D eigenvalue weighted by Crippen LogP contribution is -2.30. The molecule has 4 rings (SSSR count). The minimum absolute atomic E-state index is 0.0331. The van der Waals surface area contributed by atoms with Gasteiger partial charge in [-0.25, -0.2) is 13.6 Å². The number of rotatable bonds is 4. The number of nitrogens with one attached hydrogen (secondary N) is 1. The van der Waals surface area contributed by atoms with Crippen molar-refractivity contribution in [2.45, 2.75) is 20.4 Å². The Kier molecular flexibility index (Phi) is 5.49. The SMILES string of the molecule is Cc1cc(/C=C2/NC(=O)N(Cc3ccc(F)cc3)C2=O)c(C)n1-c1ccc(Br)cc1F. The molecule has 158 valence electrons. The summed E-state index contributed by atoms with van der Waals surface area (Å²) in [4.78, 5) is 26.2. The first kappa shape index (κ1) is 21.0. The van der Waals surface area contributed by atoms with Gasteiger partial charge in [0.25, 0.3) is 5.91 Å². The van der Waals surface area contributed by atoms with Gasteiger partial charge in [0.05, 0.1) is 12.2 Å². The quantitative estimate of drug-likeness (QED) is 0.406. The summed E-state index contributed by atoms with van der Waals surface area (Å²) in [6, 6.07) is 11.7. The standard InChI is InChI=1S/C23H18BrF2N3O2/c1-13-9-16(14(2)29(13)21-8-5-17(24)11-19(21)26)10-20-22(30)28(23(31)27-20)12-15-3-6-18(25)7-4-15/h3-11H,12H2,1-2H3,(H,27,31)/b20-10+. The number of carbonyl (C=O) groups excluding carboxylic acids is 2.